The van der Waals surface area contributed by atoms with Crippen LogP contribution in [0, 0.1) is 0 Å². The number of hydrogen-bond acceptors (Lipinski definition) is 6. The van der Waals surface area contributed by atoms with Gasteiger partial charge in [0.25, 0.3) is 5.56 Å². The van der Waals surface area contributed by atoms with Crippen molar-refractivity contribution in [3.63, 3.8) is 0 Å². The minimum absolute atomic E-state index is 0.244. The molecule has 4 rings (SSSR count). The molecular weight excluding hydrogens is 428 g/mol. The van der Waals surface area contributed by atoms with Gasteiger partial charge in [-0.3, -0.25) is 4.79 Å². The van der Waals surface area contributed by atoms with Gasteiger partial charge in [0.15, 0.2) is 17.3 Å². The van der Waals surface area contributed by atoms with Crippen LogP contribution >= 0.6 is 0 Å². The van der Waals surface area contributed by atoms with Crippen molar-refractivity contribution < 1.29 is 9.47 Å². The molecule has 34 heavy (non-hydrogen) atoms. The van der Waals surface area contributed by atoms with E-state index in [-0.39, 0.29) is 5.56 Å². The van der Waals surface area contributed by atoms with Crippen LogP contribution in [0.4, 0.5) is 5.69 Å². The van der Waals surface area contributed by atoms with Crippen molar-refractivity contribution >= 4 is 22.8 Å². The Labute approximate surface area is 198 Å². The molecule has 0 amide bonds. The van der Waals surface area contributed by atoms with E-state index >= 15 is 0 Å². The largest absolute Gasteiger partial charge is 0.493 e. The summed E-state index contributed by atoms with van der Waals surface area (Å²) in [7, 11) is 3.15. The van der Waals surface area contributed by atoms with E-state index in [1.54, 1.807) is 38.6 Å². The lowest BCUT2D eigenvalue weighted by atomic mass is 10.1. The molecule has 0 N–H and O–H groups in total. The van der Waals surface area contributed by atoms with Crippen molar-refractivity contribution in [2.45, 2.75) is 13.8 Å². The second kappa shape index (κ2) is 10.2. The van der Waals surface area contributed by atoms with Gasteiger partial charge in [-0.05, 0) is 61.9 Å². The van der Waals surface area contributed by atoms with E-state index in [1.165, 1.54) is 4.68 Å². The van der Waals surface area contributed by atoms with E-state index < -0.39 is 0 Å². The zero-order valence-corrected chi connectivity index (χ0v) is 19.9. The van der Waals surface area contributed by atoms with E-state index in [0.717, 1.165) is 24.3 Å². The summed E-state index contributed by atoms with van der Waals surface area (Å²) >= 11 is 0. The Morgan fingerprint density at radius 2 is 1.65 bits per heavy atom. The van der Waals surface area contributed by atoms with Crippen LogP contribution in [0.2, 0.25) is 0 Å². The zero-order valence-electron chi connectivity index (χ0n) is 19.9. The summed E-state index contributed by atoms with van der Waals surface area (Å²) in [6.07, 6.45) is 1.67. The molecule has 0 fully saturated rings. The van der Waals surface area contributed by atoms with Gasteiger partial charge in [0, 0.05) is 24.3 Å². The van der Waals surface area contributed by atoms with Crippen LogP contribution in [-0.2, 0) is 0 Å². The van der Waals surface area contributed by atoms with Gasteiger partial charge in [0.2, 0.25) is 0 Å². The molecule has 3 aromatic carbocycles. The highest BCUT2D eigenvalue weighted by Crippen LogP contribution is 2.31. The van der Waals surface area contributed by atoms with Crippen LogP contribution in [0.5, 0.6) is 11.5 Å². The molecule has 0 aliphatic carbocycles. The number of methoxy groups -OCH3 is 2. The summed E-state index contributed by atoms with van der Waals surface area (Å²) in [6, 6.07) is 20.8. The van der Waals surface area contributed by atoms with Crippen molar-refractivity contribution in [1.82, 2.24) is 9.66 Å². The molecule has 0 saturated carbocycles. The first-order valence-electron chi connectivity index (χ1n) is 11.2. The maximum atomic E-state index is 13.4. The van der Waals surface area contributed by atoms with Gasteiger partial charge >= 0.3 is 0 Å². The molecule has 0 aliphatic rings. The minimum atomic E-state index is -0.244. The Morgan fingerprint density at radius 3 is 2.32 bits per heavy atom. The van der Waals surface area contributed by atoms with Crippen LogP contribution in [0.15, 0.2) is 76.6 Å². The van der Waals surface area contributed by atoms with Gasteiger partial charge in [-0.1, -0.05) is 24.3 Å². The fraction of sp³-hybridized carbons (Fsp3) is 0.222. The molecule has 7 nitrogen and oxygen atoms in total. The van der Waals surface area contributed by atoms with Gasteiger partial charge in [-0.2, -0.15) is 9.78 Å². The number of fused-ring (bicyclic) bond motifs is 1. The fourth-order valence-corrected chi connectivity index (χ4v) is 3.88. The molecule has 4 aromatic rings. The molecule has 174 valence electrons. The van der Waals surface area contributed by atoms with Crippen LogP contribution in [-0.4, -0.2) is 43.2 Å². The number of para-hydroxylation sites is 1. The summed E-state index contributed by atoms with van der Waals surface area (Å²) in [6.45, 7) is 6.15. The average molecular weight is 457 g/mol. The monoisotopic (exact) mass is 456 g/mol. The molecule has 0 spiro atoms. The topological polar surface area (TPSA) is 69.0 Å². The zero-order chi connectivity index (χ0) is 24.1. The number of nitrogens with zero attached hydrogens (tertiary/aromatic N) is 4. The number of benzene rings is 3. The van der Waals surface area contributed by atoms with Crippen LogP contribution in [0.1, 0.15) is 19.4 Å². The Bertz CT molecular complexity index is 1370. The van der Waals surface area contributed by atoms with Crippen molar-refractivity contribution in [2.75, 3.05) is 32.2 Å². The third-order valence-corrected chi connectivity index (χ3v) is 5.74. The lowest BCUT2D eigenvalue weighted by molar-refractivity contribution is 0.355. The van der Waals surface area contributed by atoms with Gasteiger partial charge in [0.1, 0.15) is 0 Å². The third-order valence-electron chi connectivity index (χ3n) is 5.74. The second-order valence-corrected chi connectivity index (χ2v) is 7.65. The number of rotatable bonds is 8. The third kappa shape index (κ3) is 4.50. The van der Waals surface area contributed by atoms with Gasteiger partial charge in [0.05, 0.1) is 31.3 Å². The molecule has 0 saturated heterocycles. The highest BCUT2D eigenvalue weighted by Gasteiger charge is 2.15. The van der Waals surface area contributed by atoms with Crippen LogP contribution in [0.25, 0.3) is 22.3 Å². The average Bonchev–Trinajstić information content (AvgIpc) is 2.89. The predicted molar refractivity (Wildman–Crippen MR) is 138 cm³/mol. The molecule has 0 atom stereocenters. The first-order valence-corrected chi connectivity index (χ1v) is 11.2. The molecule has 7 heteroatoms. The summed E-state index contributed by atoms with van der Waals surface area (Å²) in [4.78, 5) is 20.4. The number of anilines is 1. The lowest BCUT2D eigenvalue weighted by Crippen LogP contribution is -2.21. The summed E-state index contributed by atoms with van der Waals surface area (Å²) in [5.74, 6) is 1.56. The molecule has 1 aromatic heterocycles. The first kappa shape index (κ1) is 23.0. The molecule has 0 bridgehead atoms. The van der Waals surface area contributed by atoms with Gasteiger partial charge < -0.3 is 14.4 Å². The van der Waals surface area contributed by atoms with Crippen molar-refractivity contribution in [2.24, 2.45) is 5.10 Å². The number of ether oxygens (including phenoxy) is 2. The Kier molecular flexibility index (Phi) is 6.92. The SMILES string of the molecule is CCN(CC)c1ccc(C=Nn2c(-c3ccc(OC)c(OC)c3)nc3ccccc3c2=O)cc1. The number of hydrogen-bond donors (Lipinski definition) is 0. The van der Waals surface area contributed by atoms with E-state index in [4.69, 9.17) is 14.5 Å². The Morgan fingerprint density at radius 1 is 0.941 bits per heavy atom. The van der Waals surface area contributed by atoms with E-state index in [2.05, 4.69) is 36.0 Å². The highest BCUT2D eigenvalue weighted by atomic mass is 16.5. The molecule has 0 radical (unpaired) electrons. The highest BCUT2D eigenvalue weighted by molar-refractivity contribution is 5.82. The Balaban J connectivity index is 1.82. The second-order valence-electron chi connectivity index (χ2n) is 7.65. The maximum absolute atomic E-state index is 13.4. The van der Waals surface area contributed by atoms with Crippen molar-refractivity contribution in [3.05, 3.63) is 82.6 Å². The first-order chi connectivity index (χ1) is 16.6. The van der Waals surface area contributed by atoms with Crippen molar-refractivity contribution in [1.29, 1.82) is 0 Å². The van der Waals surface area contributed by atoms with Gasteiger partial charge in [-0.25, -0.2) is 4.98 Å². The predicted octanol–water partition coefficient (Wildman–Crippen LogP) is 4.81. The molecule has 0 unspecified atom stereocenters. The fourth-order valence-electron chi connectivity index (χ4n) is 3.88. The minimum Gasteiger partial charge on any atom is -0.493 e. The normalized spacial score (nSPS) is 11.2. The van der Waals surface area contributed by atoms with Gasteiger partial charge in [-0.15, -0.1) is 0 Å². The summed E-state index contributed by atoms with van der Waals surface area (Å²) in [5.41, 5.74) is 3.08. The number of aromatic nitrogens is 2. The smallest absolute Gasteiger partial charge is 0.282 e. The quantitative estimate of drug-likeness (QED) is 0.356. The summed E-state index contributed by atoms with van der Waals surface area (Å²) in [5, 5.41) is 5.05. The summed E-state index contributed by atoms with van der Waals surface area (Å²) < 4.78 is 12.1. The standard InChI is InChI=1S/C27H28N4O3/c1-5-30(6-2)21-14-11-19(12-15-21)18-28-31-26(20-13-16-24(33-3)25(17-20)34-4)29-23-10-8-7-9-22(23)27(31)32/h7-18H,5-6H2,1-4H3. The molecular formula is C27H28N4O3. The molecule has 0 aliphatic heterocycles. The van der Waals surface area contributed by atoms with E-state index in [1.807, 2.05) is 36.4 Å². The lowest BCUT2D eigenvalue weighted by Gasteiger charge is -2.20. The van der Waals surface area contributed by atoms with Crippen molar-refractivity contribution in [3.8, 4) is 22.9 Å². The molecule has 1 heterocycles. The van der Waals surface area contributed by atoms with Crippen LogP contribution < -0.4 is 19.9 Å². The van der Waals surface area contributed by atoms with E-state index in [9.17, 15) is 4.79 Å². The maximum Gasteiger partial charge on any atom is 0.282 e. The Hall–Kier alpha value is -4.13. The van der Waals surface area contributed by atoms with Crippen LogP contribution in [0.3, 0.4) is 0 Å². The van der Waals surface area contributed by atoms with E-state index in [0.29, 0.717) is 33.8 Å².